The van der Waals surface area contributed by atoms with Crippen molar-refractivity contribution in [2.24, 2.45) is 11.8 Å². The zero-order valence-corrected chi connectivity index (χ0v) is 12.5. The van der Waals surface area contributed by atoms with E-state index in [2.05, 4.69) is 30.9 Å². The van der Waals surface area contributed by atoms with Crippen LogP contribution in [0, 0.1) is 11.8 Å². The fraction of sp³-hybridized carbons (Fsp3) is 0.588. The van der Waals surface area contributed by atoms with Crippen LogP contribution in [0.2, 0.25) is 0 Å². The SMILES string of the molecule is CC(C)[C@@H](CN1CCC1)C(=O)OCCc1ccccc1. The van der Waals surface area contributed by atoms with Crippen LogP contribution in [-0.2, 0) is 16.0 Å². The van der Waals surface area contributed by atoms with Crippen LogP contribution in [-0.4, -0.2) is 37.1 Å². The van der Waals surface area contributed by atoms with Gasteiger partial charge in [-0.25, -0.2) is 0 Å². The molecule has 2 rings (SSSR count). The predicted molar refractivity (Wildman–Crippen MR) is 80.5 cm³/mol. The lowest BCUT2D eigenvalue weighted by Crippen LogP contribution is -2.44. The van der Waals surface area contributed by atoms with Crippen molar-refractivity contribution in [3.05, 3.63) is 35.9 Å². The number of carbonyl (C=O) groups excluding carboxylic acids is 1. The van der Waals surface area contributed by atoms with Crippen molar-refractivity contribution < 1.29 is 9.53 Å². The Morgan fingerprint density at radius 2 is 1.95 bits per heavy atom. The highest BCUT2D eigenvalue weighted by molar-refractivity contribution is 5.73. The van der Waals surface area contributed by atoms with Crippen LogP contribution in [0.4, 0.5) is 0 Å². The number of hydrogen-bond donors (Lipinski definition) is 0. The first-order valence-corrected chi connectivity index (χ1v) is 7.59. The molecule has 1 heterocycles. The molecule has 0 radical (unpaired) electrons. The molecule has 0 saturated carbocycles. The van der Waals surface area contributed by atoms with Crippen molar-refractivity contribution in [1.29, 1.82) is 0 Å². The minimum atomic E-state index is -0.0390. The van der Waals surface area contributed by atoms with Gasteiger partial charge in [0.05, 0.1) is 12.5 Å². The maximum absolute atomic E-state index is 12.2. The van der Waals surface area contributed by atoms with Crippen LogP contribution < -0.4 is 0 Å². The molecule has 1 aliphatic heterocycles. The summed E-state index contributed by atoms with van der Waals surface area (Å²) >= 11 is 0. The molecule has 1 aromatic rings. The van der Waals surface area contributed by atoms with E-state index in [4.69, 9.17) is 4.74 Å². The van der Waals surface area contributed by atoms with Crippen LogP contribution in [0.5, 0.6) is 0 Å². The summed E-state index contributed by atoms with van der Waals surface area (Å²) in [7, 11) is 0. The molecule has 0 aliphatic carbocycles. The smallest absolute Gasteiger partial charge is 0.310 e. The van der Waals surface area contributed by atoms with E-state index in [1.165, 1.54) is 12.0 Å². The average molecular weight is 275 g/mol. The monoisotopic (exact) mass is 275 g/mol. The highest BCUT2D eigenvalue weighted by Crippen LogP contribution is 2.18. The van der Waals surface area contributed by atoms with Gasteiger partial charge in [-0.15, -0.1) is 0 Å². The van der Waals surface area contributed by atoms with Gasteiger partial charge in [-0.2, -0.15) is 0 Å². The summed E-state index contributed by atoms with van der Waals surface area (Å²) < 4.78 is 5.47. The summed E-state index contributed by atoms with van der Waals surface area (Å²) in [6, 6.07) is 10.1. The van der Waals surface area contributed by atoms with Crippen molar-refractivity contribution in [3.8, 4) is 0 Å². The lowest BCUT2D eigenvalue weighted by molar-refractivity contribution is -0.151. The summed E-state index contributed by atoms with van der Waals surface area (Å²) in [5.41, 5.74) is 1.21. The summed E-state index contributed by atoms with van der Waals surface area (Å²) in [6.07, 6.45) is 2.05. The third-order valence-corrected chi connectivity index (χ3v) is 3.99. The third-order valence-electron chi connectivity index (χ3n) is 3.99. The Hall–Kier alpha value is -1.35. The van der Waals surface area contributed by atoms with Crippen LogP contribution in [0.1, 0.15) is 25.8 Å². The Morgan fingerprint density at radius 3 is 2.50 bits per heavy atom. The molecule has 1 aromatic carbocycles. The van der Waals surface area contributed by atoms with E-state index in [0.717, 1.165) is 26.1 Å². The summed E-state index contributed by atoms with van der Waals surface area (Å²) in [6.45, 7) is 7.78. The predicted octanol–water partition coefficient (Wildman–Crippen LogP) is 2.75. The maximum Gasteiger partial charge on any atom is 0.310 e. The molecule has 0 N–H and O–H groups in total. The average Bonchev–Trinajstić information content (AvgIpc) is 2.38. The van der Waals surface area contributed by atoms with Crippen molar-refractivity contribution in [2.75, 3.05) is 26.2 Å². The second-order valence-electron chi connectivity index (χ2n) is 5.91. The maximum atomic E-state index is 12.2. The van der Waals surface area contributed by atoms with Gasteiger partial charge in [0.15, 0.2) is 0 Å². The topological polar surface area (TPSA) is 29.5 Å². The Labute approximate surface area is 121 Å². The van der Waals surface area contributed by atoms with Gasteiger partial charge in [-0.1, -0.05) is 44.2 Å². The van der Waals surface area contributed by atoms with Crippen molar-refractivity contribution in [2.45, 2.75) is 26.7 Å². The molecular formula is C17H25NO2. The van der Waals surface area contributed by atoms with E-state index in [9.17, 15) is 4.79 Å². The molecule has 1 atom stereocenters. The molecule has 3 heteroatoms. The summed E-state index contributed by atoms with van der Waals surface area (Å²) in [5.74, 6) is 0.300. The molecule has 0 unspecified atom stereocenters. The number of hydrogen-bond acceptors (Lipinski definition) is 3. The number of nitrogens with zero attached hydrogens (tertiary/aromatic N) is 1. The molecule has 1 saturated heterocycles. The first kappa shape index (κ1) is 15.0. The molecule has 20 heavy (non-hydrogen) atoms. The zero-order chi connectivity index (χ0) is 14.4. The van der Waals surface area contributed by atoms with Crippen LogP contribution in [0.15, 0.2) is 30.3 Å². The lowest BCUT2D eigenvalue weighted by atomic mass is 9.94. The summed E-state index contributed by atoms with van der Waals surface area (Å²) in [5, 5.41) is 0. The number of benzene rings is 1. The second-order valence-corrected chi connectivity index (χ2v) is 5.91. The van der Waals surface area contributed by atoms with Crippen molar-refractivity contribution in [1.82, 2.24) is 4.90 Å². The fourth-order valence-electron chi connectivity index (χ4n) is 2.42. The van der Waals surface area contributed by atoms with Crippen LogP contribution >= 0.6 is 0 Å². The molecule has 0 bridgehead atoms. The van der Waals surface area contributed by atoms with Gasteiger partial charge in [0.1, 0.15) is 0 Å². The van der Waals surface area contributed by atoms with Gasteiger partial charge in [0.25, 0.3) is 0 Å². The normalized spacial score (nSPS) is 16.8. The number of carbonyl (C=O) groups is 1. The van der Waals surface area contributed by atoms with Gasteiger partial charge in [-0.05, 0) is 31.0 Å². The van der Waals surface area contributed by atoms with Crippen LogP contribution in [0.25, 0.3) is 0 Å². The van der Waals surface area contributed by atoms with Gasteiger partial charge in [0.2, 0.25) is 0 Å². The molecule has 1 fully saturated rings. The van der Waals surface area contributed by atoms with E-state index in [-0.39, 0.29) is 11.9 Å². The molecule has 110 valence electrons. The molecule has 1 aliphatic rings. The first-order chi connectivity index (χ1) is 9.66. The second kappa shape index (κ2) is 7.44. The van der Waals surface area contributed by atoms with E-state index in [1.807, 2.05) is 18.2 Å². The first-order valence-electron chi connectivity index (χ1n) is 7.59. The Morgan fingerprint density at radius 1 is 1.25 bits per heavy atom. The number of esters is 1. The molecular weight excluding hydrogens is 250 g/mol. The molecule has 3 nitrogen and oxygen atoms in total. The summed E-state index contributed by atoms with van der Waals surface area (Å²) in [4.78, 5) is 14.5. The molecule has 0 amide bonds. The number of ether oxygens (including phenoxy) is 1. The van der Waals surface area contributed by atoms with E-state index in [1.54, 1.807) is 0 Å². The third kappa shape index (κ3) is 4.34. The van der Waals surface area contributed by atoms with Gasteiger partial charge in [0, 0.05) is 13.0 Å². The number of rotatable bonds is 7. The molecule has 0 aromatic heterocycles. The minimum absolute atomic E-state index is 0.00562. The fourth-order valence-corrected chi connectivity index (χ4v) is 2.42. The van der Waals surface area contributed by atoms with Gasteiger partial charge < -0.3 is 9.64 Å². The largest absolute Gasteiger partial charge is 0.465 e. The van der Waals surface area contributed by atoms with Crippen LogP contribution in [0.3, 0.4) is 0 Å². The van der Waals surface area contributed by atoms with E-state index >= 15 is 0 Å². The number of likely N-dealkylation sites (tertiary alicyclic amines) is 1. The highest BCUT2D eigenvalue weighted by Gasteiger charge is 2.28. The Bertz CT molecular complexity index is 412. The Kier molecular flexibility index (Phi) is 5.60. The Balaban J connectivity index is 1.76. The minimum Gasteiger partial charge on any atom is -0.465 e. The highest BCUT2D eigenvalue weighted by atomic mass is 16.5. The van der Waals surface area contributed by atoms with E-state index in [0.29, 0.717) is 12.5 Å². The van der Waals surface area contributed by atoms with Gasteiger partial charge >= 0.3 is 5.97 Å². The van der Waals surface area contributed by atoms with E-state index < -0.39 is 0 Å². The standard InChI is InChI=1S/C17H25NO2/c1-14(2)16(13-18-10-6-11-18)17(19)20-12-9-15-7-4-3-5-8-15/h3-5,7-8,14,16H,6,9-13H2,1-2H3/t16-/m1/s1. The van der Waals surface area contributed by atoms with Crippen molar-refractivity contribution >= 4 is 5.97 Å². The lowest BCUT2D eigenvalue weighted by Gasteiger charge is -2.34. The zero-order valence-electron chi connectivity index (χ0n) is 12.5. The van der Waals surface area contributed by atoms with Gasteiger partial charge in [-0.3, -0.25) is 4.79 Å². The molecule has 0 spiro atoms. The quantitative estimate of drug-likeness (QED) is 0.717. The van der Waals surface area contributed by atoms with Crippen molar-refractivity contribution in [3.63, 3.8) is 0 Å².